The minimum atomic E-state index is -0.940. The molecule has 0 saturated heterocycles. The first-order valence-corrected chi connectivity index (χ1v) is 5.25. The van der Waals surface area contributed by atoms with E-state index in [0.717, 1.165) is 6.07 Å². The predicted octanol–water partition coefficient (Wildman–Crippen LogP) is 2.11. The Morgan fingerprint density at radius 3 is 2.67 bits per heavy atom. The van der Waals surface area contributed by atoms with E-state index in [-0.39, 0.29) is 24.5 Å². The molecule has 0 aliphatic rings. The van der Waals surface area contributed by atoms with E-state index in [1.54, 1.807) is 0 Å². The second-order valence-corrected chi connectivity index (χ2v) is 3.47. The minimum Gasteiger partial charge on any atom is -0.490 e. The monoisotopic (exact) mass is 258 g/mol. The van der Waals surface area contributed by atoms with E-state index in [1.165, 1.54) is 6.92 Å². The number of rotatable bonds is 6. The van der Waals surface area contributed by atoms with Crippen LogP contribution >= 0.6 is 0 Å². The van der Waals surface area contributed by atoms with Crippen LogP contribution in [0.15, 0.2) is 12.1 Å². The molecule has 0 bridgehead atoms. The Hall–Kier alpha value is -1.98. The SMILES string of the molecule is CC(=O)OCCCOc1c(F)cc(F)cc1C=O. The second kappa shape index (κ2) is 6.68. The average Bonchev–Trinajstić information content (AvgIpc) is 2.30. The fourth-order valence-corrected chi connectivity index (χ4v) is 1.27. The van der Waals surface area contributed by atoms with E-state index in [4.69, 9.17) is 4.74 Å². The maximum Gasteiger partial charge on any atom is 0.302 e. The first-order chi connectivity index (χ1) is 8.54. The van der Waals surface area contributed by atoms with Crippen molar-refractivity contribution < 1.29 is 27.8 Å². The summed E-state index contributed by atoms with van der Waals surface area (Å²) in [5, 5.41) is 0. The molecule has 1 rings (SSSR count). The van der Waals surface area contributed by atoms with Crippen molar-refractivity contribution in [3.05, 3.63) is 29.3 Å². The van der Waals surface area contributed by atoms with Crippen LogP contribution in [0.25, 0.3) is 0 Å². The summed E-state index contributed by atoms with van der Waals surface area (Å²) in [6, 6.07) is 1.52. The topological polar surface area (TPSA) is 52.6 Å². The zero-order valence-electron chi connectivity index (χ0n) is 9.74. The molecule has 0 saturated carbocycles. The molecule has 0 atom stereocenters. The number of aldehydes is 1. The molecule has 0 spiro atoms. The number of hydrogen-bond acceptors (Lipinski definition) is 4. The number of ether oxygens (including phenoxy) is 2. The van der Waals surface area contributed by atoms with Crippen LogP contribution in [0.5, 0.6) is 5.75 Å². The summed E-state index contributed by atoms with van der Waals surface area (Å²) in [6.45, 7) is 1.45. The molecule has 1 aromatic carbocycles. The zero-order valence-corrected chi connectivity index (χ0v) is 9.74. The van der Waals surface area contributed by atoms with Gasteiger partial charge in [-0.1, -0.05) is 0 Å². The molecule has 0 heterocycles. The first-order valence-electron chi connectivity index (χ1n) is 5.25. The summed E-state index contributed by atoms with van der Waals surface area (Å²) in [7, 11) is 0. The lowest BCUT2D eigenvalue weighted by Crippen LogP contribution is -2.08. The fourth-order valence-electron chi connectivity index (χ4n) is 1.27. The third-order valence-electron chi connectivity index (χ3n) is 2.00. The molecule has 18 heavy (non-hydrogen) atoms. The maximum absolute atomic E-state index is 13.3. The Kier molecular flexibility index (Phi) is 5.23. The van der Waals surface area contributed by atoms with Crippen LogP contribution in [0.4, 0.5) is 8.78 Å². The summed E-state index contributed by atoms with van der Waals surface area (Å²) < 4.78 is 35.8. The van der Waals surface area contributed by atoms with Crippen LogP contribution in [0, 0.1) is 11.6 Å². The number of halogens is 2. The highest BCUT2D eigenvalue weighted by Gasteiger charge is 2.12. The van der Waals surface area contributed by atoms with Gasteiger partial charge in [0.15, 0.2) is 17.9 Å². The van der Waals surface area contributed by atoms with Gasteiger partial charge in [0.25, 0.3) is 0 Å². The van der Waals surface area contributed by atoms with E-state index >= 15 is 0 Å². The van der Waals surface area contributed by atoms with Crippen LogP contribution in [-0.4, -0.2) is 25.5 Å². The Bertz CT molecular complexity index is 446. The molecule has 1 aromatic rings. The van der Waals surface area contributed by atoms with Crippen LogP contribution in [0.2, 0.25) is 0 Å². The molecule has 0 amide bonds. The van der Waals surface area contributed by atoms with Gasteiger partial charge in [-0.25, -0.2) is 8.78 Å². The molecule has 0 N–H and O–H groups in total. The molecule has 4 nitrogen and oxygen atoms in total. The van der Waals surface area contributed by atoms with Crippen LogP contribution in [0.3, 0.4) is 0 Å². The summed E-state index contributed by atoms with van der Waals surface area (Å²) in [6.07, 6.45) is 0.655. The van der Waals surface area contributed by atoms with Gasteiger partial charge < -0.3 is 9.47 Å². The minimum absolute atomic E-state index is 0.0523. The Morgan fingerprint density at radius 2 is 2.06 bits per heavy atom. The van der Waals surface area contributed by atoms with Gasteiger partial charge >= 0.3 is 5.97 Å². The van der Waals surface area contributed by atoms with Gasteiger partial charge in [-0.05, 0) is 6.07 Å². The van der Waals surface area contributed by atoms with E-state index in [2.05, 4.69) is 4.74 Å². The summed E-state index contributed by atoms with van der Waals surface area (Å²) >= 11 is 0. The lowest BCUT2D eigenvalue weighted by Gasteiger charge is -2.09. The third-order valence-corrected chi connectivity index (χ3v) is 2.00. The van der Waals surface area contributed by atoms with E-state index in [0.29, 0.717) is 18.8 Å². The first kappa shape index (κ1) is 14.1. The van der Waals surface area contributed by atoms with Crippen molar-refractivity contribution in [2.24, 2.45) is 0 Å². The number of carbonyl (C=O) groups is 2. The van der Waals surface area contributed by atoms with Crippen LogP contribution < -0.4 is 4.74 Å². The number of carbonyl (C=O) groups excluding carboxylic acids is 2. The second-order valence-electron chi connectivity index (χ2n) is 3.47. The molecule has 0 fully saturated rings. The Balaban J connectivity index is 2.56. The van der Waals surface area contributed by atoms with Crippen molar-refractivity contribution >= 4 is 12.3 Å². The van der Waals surface area contributed by atoms with Gasteiger partial charge in [0, 0.05) is 19.4 Å². The van der Waals surface area contributed by atoms with Crippen molar-refractivity contribution in [3.8, 4) is 5.75 Å². The fraction of sp³-hybridized carbons (Fsp3) is 0.333. The molecular formula is C12H12F2O4. The largest absolute Gasteiger partial charge is 0.490 e. The summed E-state index contributed by atoms with van der Waals surface area (Å²) in [4.78, 5) is 21.1. The lowest BCUT2D eigenvalue weighted by atomic mass is 10.2. The van der Waals surface area contributed by atoms with Crippen LogP contribution in [0.1, 0.15) is 23.7 Å². The van der Waals surface area contributed by atoms with Gasteiger partial charge in [-0.2, -0.15) is 0 Å². The molecule has 0 unspecified atom stereocenters. The molecule has 0 aliphatic heterocycles. The quantitative estimate of drug-likeness (QED) is 0.445. The molecule has 98 valence electrons. The summed E-state index contributed by atoms with van der Waals surface area (Å²) in [5.41, 5.74) is -0.194. The van der Waals surface area contributed by atoms with E-state index < -0.39 is 17.6 Å². The van der Waals surface area contributed by atoms with Crippen molar-refractivity contribution in [2.45, 2.75) is 13.3 Å². The van der Waals surface area contributed by atoms with Gasteiger partial charge in [0.05, 0.1) is 18.8 Å². The Morgan fingerprint density at radius 1 is 1.33 bits per heavy atom. The van der Waals surface area contributed by atoms with Gasteiger partial charge in [-0.3, -0.25) is 9.59 Å². The smallest absolute Gasteiger partial charge is 0.302 e. The molecule has 6 heteroatoms. The number of esters is 1. The molecule has 0 aromatic heterocycles. The van der Waals surface area contributed by atoms with Crippen molar-refractivity contribution in [2.75, 3.05) is 13.2 Å². The number of hydrogen-bond donors (Lipinski definition) is 0. The molecule has 0 radical (unpaired) electrons. The van der Waals surface area contributed by atoms with E-state index in [9.17, 15) is 18.4 Å². The highest BCUT2D eigenvalue weighted by atomic mass is 19.1. The highest BCUT2D eigenvalue weighted by Crippen LogP contribution is 2.23. The lowest BCUT2D eigenvalue weighted by molar-refractivity contribution is -0.141. The van der Waals surface area contributed by atoms with Crippen molar-refractivity contribution in [3.63, 3.8) is 0 Å². The standard InChI is InChI=1S/C12H12F2O4/c1-8(16)17-3-2-4-18-12-9(7-15)5-10(13)6-11(12)14/h5-7H,2-4H2,1H3. The van der Waals surface area contributed by atoms with Crippen LogP contribution in [-0.2, 0) is 9.53 Å². The maximum atomic E-state index is 13.3. The van der Waals surface area contributed by atoms with Crippen molar-refractivity contribution in [1.82, 2.24) is 0 Å². The highest BCUT2D eigenvalue weighted by molar-refractivity contribution is 5.79. The predicted molar refractivity (Wildman–Crippen MR) is 58.5 cm³/mol. The van der Waals surface area contributed by atoms with Crippen molar-refractivity contribution in [1.29, 1.82) is 0 Å². The average molecular weight is 258 g/mol. The molecular weight excluding hydrogens is 246 g/mol. The number of benzene rings is 1. The third kappa shape index (κ3) is 4.12. The molecule has 0 aliphatic carbocycles. The van der Waals surface area contributed by atoms with Gasteiger partial charge in [-0.15, -0.1) is 0 Å². The summed E-state index contributed by atoms with van der Waals surface area (Å²) in [5.74, 6) is -2.50. The zero-order chi connectivity index (χ0) is 13.5. The van der Waals surface area contributed by atoms with Gasteiger partial charge in [0.2, 0.25) is 0 Å². The van der Waals surface area contributed by atoms with Gasteiger partial charge in [0.1, 0.15) is 5.82 Å². The Labute approximate surface area is 103 Å². The van der Waals surface area contributed by atoms with E-state index in [1.807, 2.05) is 0 Å². The normalized spacial score (nSPS) is 9.94.